The summed E-state index contributed by atoms with van der Waals surface area (Å²) in [7, 11) is 1.46. The van der Waals surface area contributed by atoms with Crippen molar-refractivity contribution < 1.29 is 14.3 Å². The number of nitriles is 1. The van der Waals surface area contributed by atoms with Crippen LogP contribution in [0.4, 0.5) is 0 Å². The van der Waals surface area contributed by atoms with Gasteiger partial charge in [0.15, 0.2) is 11.5 Å². The molecule has 0 unspecified atom stereocenters. The largest absolute Gasteiger partial charge is 0.493 e. The lowest BCUT2D eigenvalue weighted by Crippen LogP contribution is -2.10. The third kappa shape index (κ3) is 4.00. The predicted octanol–water partition coefficient (Wildman–Crippen LogP) is 3.76. The van der Waals surface area contributed by atoms with Crippen LogP contribution >= 0.6 is 11.6 Å². The Morgan fingerprint density at radius 1 is 1.23 bits per heavy atom. The van der Waals surface area contributed by atoms with Crippen LogP contribution in [-0.2, 0) is 11.2 Å². The Labute approximate surface area is 133 Å². The average Bonchev–Trinajstić information content (AvgIpc) is 2.54. The van der Waals surface area contributed by atoms with Gasteiger partial charge >= 0.3 is 5.97 Å². The van der Waals surface area contributed by atoms with Crippen LogP contribution in [-0.4, -0.2) is 13.1 Å². The van der Waals surface area contributed by atoms with Crippen LogP contribution in [0.3, 0.4) is 0 Å². The van der Waals surface area contributed by atoms with Gasteiger partial charge in [-0.3, -0.25) is 4.79 Å². The third-order valence-corrected chi connectivity index (χ3v) is 3.44. The van der Waals surface area contributed by atoms with Crippen LogP contribution in [0, 0.1) is 11.3 Å². The fourth-order valence-electron chi connectivity index (χ4n) is 1.93. The highest BCUT2D eigenvalue weighted by Gasteiger charge is 2.12. The van der Waals surface area contributed by atoms with E-state index in [4.69, 9.17) is 26.3 Å². The molecule has 2 rings (SSSR count). The van der Waals surface area contributed by atoms with Crippen LogP contribution in [0.1, 0.15) is 17.5 Å². The molecule has 5 heteroatoms. The number of ether oxygens (including phenoxy) is 2. The highest BCUT2D eigenvalue weighted by atomic mass is 35.5. The van der Waals surface area contributed by atoms with E-state index in [1.807, 2.05) is 24.3 Å². The van der Waals surface area contributed by atoms with E-state index in [1.54, 1.807) is 18.2 Å². The lowest BCUT2D eigenvalue weighted by molar-refractivity contribution is -0.134. The summed E-state index contributed by atoms with van der Waals surface area (Å²) >= 11 is 6.05. The van der Waals surface area contributed by atoms with Gasteiger partial charge in [-0.1, -0.05) is 29.8 Å². The van der Waals surface area contributed by atoms with Gasteiger partial charge in [-0.2, -0.15) is 5.26 Å². The number of nitrogens with zero attached hydrogens (tertiary/aromatic N) is 1. The number of carbonyl (C=O) groups excluding carboxylic acids is 1. The minimum Gasteiger partial charge on any atom is -0.493 e. The van der Waals surface area contributed by atoms with E-state index in [-0.39, 0.29) is 12.4 Å². The van der Waals surface area contributed by atoms with E-state index in [0.29, 0.717) is 28.5 Å². The van der Waals surface area contributed by atoms with Gasteiger partial charge in [0.2, 0.25) is 0 Å². The molecule has 0 aliphatic rings. The topological polar surface area (TPSA) is 59.3 Å². The molecule has 0 bridgehead atoms. The van der Waals surface area contributed by atoms with E-state index < -0.39 is 0 Å². The number of carbonyl (C=O) groups is 1. The molecular formula is C17H14ClNO3. The van der Waals surface area contributed by atoms with Gasteiger partial charge < -0.3 is 9.47 Å². The van der Waals surface area contributed by atoms with Crippen molar-refractivity contribution in [2.24, 2.45) is 0 Å². The highest BCUT2D eigenvalue weighted by Crippen LogP contribution is 2.28. The second-order valence-corrected chi connectivity index (χ2v) is 4.95. The highest BCUT2D eigenvalue weighted by molar-refractivity contribution is 6.31. The summed E-state index contributed by atoms with van der Waals surface area (Å²) in [5, 5.41) is 9.47. The monoisotopic (exact) mass is 315 g/mol. The Morgan fingerprint density at radius 2 is 2.00 bits per heavy atom. The summed E-state index contributed by atoms with van der Waals surface area (Å²) in [4.78, 5) is 11.9. The molecule has 0 atom stereocenters. The van der Waals surface area contributed by atoms with Crippen molar-refractivity contribution in [3.63, 3.8) is 0 Å². The van der Waals surface area contributed by atoms with Crippen molar-refractivity contribution in [1.29, 1.82) is 5.26 Å². The van der Waals surface area contributed by atoms with Gasteiger partial charge in [-0.05, 0) is 30.2 Å². The maximum Gasteiger partial charge on any atom is 0.311 e. The van der Waals surface area contributed by atoms with Gasteiger partial charge in [0.25, 0.3) is 0 Å². The number of hydrogen-bond donors (Lipinski definition) is 0. The van der Waals surface area contributed by atoms with Crippen molar-refractivity contribution in [2.75, 3.05) is 7.11 Å². The molecule has 0 aliphatic heterocycles. The molecule has 0 fully saturated rings. The SMILES string of the molecule is COc1cc(C#N)ccc1OC(=O)CCc1ccccc1Cl. The molecule has 4 nitrogen and oxygen atoms in total. The quantitative estimate of drug-likeness (QED) is 0.622. The van der Waals surface area contributed by atoms with Crippen LogP contribution in [0.5, 0.6) is 11.5 Å². The maximum atomic E-state index is 11.9. The van der Waals surface area contributed by atoms with E-state index >= 15 is 0 Å². The molecular weight excluding hydrogens is 302 g/mol. The number of halogens is 1. The number of hydrogen-bond acceptors (Lipinski definition) is 4. The van der Waals surface area contributed by atoms with Gasteiger partial charge in [-0.25, -0.2) is 0 Å². The lowest BCUT2D eigenvalue weighted by atomic mass is 10.1. The number of esters is 1. The lowest BCUT2D eigenvalue weighted by Gasteiger charge is -2.09. The molecule has 0 aromatic heterocycles. The fraction of sp³-hybridized carbons (Fsp3) is 0.176. The minimum absolute atomic E-state index is 0.201. The minimum atomic E-state index is -0.386. The number of benzene rings is 2. The Kier molecular flexibility index (Phi) is 5.40. The first-order chi connectivity index (χ1) is 10.6. The summed E-state index contributed by atoms with van der Waals surface area (Å²) < 4.78 is 10.4. The Bertz CT molecular complexity index is 722. The van der Waals surface area contributed by atoms with E-state index in [0.717, 1.165) is 5.56 Å². The second kappa shape index (κ2) is 7.48. The molecule has 0 aliphatic carbocycles. The summed E-state index contributed by atoms with van der Waals surface area (Å²) in [6.07, 6.45) is 0.698. The zero-order chi connectivity index (χ0) is 15.9. The molecule has 0 saturated carbocycles. The van der Waals surface area contributed by atoms with Crippen molar-refractivity contribution in [3.05, 3.63) is 58.6 Å². The maximum absolute atomic E-state index is 11.9. The summed E-state index contributed by atoms with van der Waals surface area (Å²) in [6.45, 7) is 0. The van der Waals surface area contributed by atoms with Crippen molar-refractivity contribution in [2.45, 2.75) is 12.8 Å². The summed E-state index contributed by atoms with van der Waals surface area (Å²) in [6, 6.07) is 14.0. The van der Waals surface area contributed by atoms with Crippen LogP contribution in [0.25, 0.3) is 0 Å². The number of aryl methyl sites for hydroxylation is 1. The molecule has 2 aromatic rings. The standard InChI is InChI=1S/C17H14ClNO3/c1-21-16-10-12(11-19)6-8-15(16)22-17(20)9-7-13-4-2-3-5-14(13)18/h2-6,8,10H,7,9H2,1H3. The van der Waals surface area contributed by atoms with Gasteiger partial charge in [0.05, 0.1) is 25.2 Å². The molecule has 0 amide bonds. The summed E-state index contributed by atoms with van der Waals surface area (Å²) in [5.74, 6) is 0.263. The first kappa shape index (κ1) is 15.9. The Morgan fingerprint density at radius 3 is 2.68 bits per heavy atom. The normalized spacial score (nSPS) is 9.86. The molecule has 0 N–H and O–H groups in total. The van der Waals surface area contributed by atoms with Crippen LogP contribution in [0.15, 0.2) is 42.5 Å². The molecule has 22 heavy (non-hydrogen) atoms. The van der Waals surface area contributed by atoms with Crippen molar-refractivity contribution in [1.82, 2.24) is 0 Å². The number of rotatable bonds is 5. The van der Waals surface area contributed by atoms with Gasteiger partial charge in [0, 0.05) is 11.1 Å². The summed E-state index contributed by atoms with van der Waals surface area (Å²) in [5.41, 5.74) is 1.33. The van der Waals surface area contributed by atoms with Crippen molar-refractivity contribution >= 4 is 17.6 Å². The van der Waals surface area contributed by atoms with E-state index in [9.17, 15) is 4.79 Å². The van der Waals surface area contributed by atoms with Crippen molar-refractivity contribution in [3.8, 4) is 17.6 Å². The van der Waals surface area contributed by atoms with Crippen LogP contribution in [0.2, 0.25) is 5.02 Å². The second-order valence-electron chi connectivity index (χ2n) is 4.54. The van der Waals surface area contributed by atoms with E-state index in [1.165, 1.54) is 13.2 Å². The zero-order valence-corrected chi connectivity index (χ0v) is 12.8. The average molecular weight is 316 g/mol. The number of methoxy groups -OCH3 is 1. The predicted molar refractivity (Wildman–Crippen MR) is 83.1 cm³/mol. The molecule has 0 spiro atoms. The smallest absolute Gasteiger partial charge is 0.311 e. The molecule has 0 heterocycles. The zero-order valence-electron chi connectivity index (χ0n) is 12.0. The first-order valence-electron chi connectivity index (χ1n) is 6.66. The van der Waals surface area contributed by atoms with E-state index in [2.05, 4.69) is 0 Å². The molecule has 0 saturated heterocycles. The third-order valence-electron chi connectivity index (χ3n) is 3.07. The molecule has 0 radical (unpaired) electrons. The fourth-order valence-corrected chi connectivity index (χ4v) is 2.16. The molecule has 112 valence electrons. The van der Waals surface area contributed by atoms with Crippen LogP contribution < -0.4 is 9.47 Å². The Balaban J connectivity index is 2.01. The first-order valence-corrected chi connectivity index (χ1v) is 7.04. The molecule has 2 aromatic carbocycles. The van der Waals surface area contributed by atoms with Gasteiger partial charge in [0.1, 0.15) is 0 Å². The van der Waals surface area contributed by atoms with Gasteiger partial charge in [-0.15, -0.1) is 0 Å². The Hall–Kier alpha value is -2.51.